The van der Waals surface area contributed by atoms with Gasteiger partial charge in [0.25, 0.3) is 0 Å². The van der Waals surface area contributed by atoms with E-state index in [2.05, 4.69) is 39.6 Å². The molecule has 1 aliphatic carbocycles. The Balaban J connectivity index is 2.10. The second-order valence-corrected chi connectivity index (χ2v) is 6.23. The fourth-order valence-corrected chi connectivity index (χ4v) is 2.80. The number of hydrogen-bond acceptors (Lipinski definition) is 1. The average molecular weight is 225 g/mol. The molecule has 0 bridgehead atoms. The Bertz CT molecular complexity index is 182. The van der Waals surface area contributed by atoms with Crippen molar-refractivity contribution in [3.63, 3.8) is 0 Å². The second kappa shape index (κ2) is 6.64. The van der Waals surface area contributed by atoms with Crippen molar-refractivity contribution in [1.29, 1.82) is 0 Å². The molecule has 1 atom stereocenters. The first-order valence-corrected chi connectivity index (χ1v) is 7.24. The molecule has 1 heteroatoms. The van der Waals surface area contributed by atoms with Crippen LogP contribution in [0.3, 0.4) is 0 Å². The van der Waals surface area contributed by atoms with Gasteiger partial charge < -0.3 is 4.90 Å². The summed E-state index contributed by atoms with van der Waals surface area (Å²) in [6, 6.07) is 0.696. The van der Waals surface area contributed by atoms with E-state index in [0.29, 0.717) is 6.04 Å². The average Bonchev–Trinajstić information content (AvgIpc) is 2.18. The summed E-state index contributed by atoms with van der Waals surface area (Å²) < 4.78 is 0. The molecule has 0 N–H and O–H groups in total. The molecule has 1 saturated carbocycles. The summed E-state index contributed by atoms with van der Waals surface area (Å²) >= 11 is 0. The first-order chi connectivity index (χ1) is 7.54. The molecule has 1 rings (SSSR count). The van der Waals surface area contributed by atoms with Crippen molar-refractivity contribution in [2.45, 2.75) is 65.8 Å². The summed E-state index contributed by atoms with van der Waals surface area (Å²) in [5.41, 5.74) is 0. The Kier molecular flexibility index (Phi) is 5.82. The number of nitrogens with zero attached hydrogens (tertiary/aromatic N) is 1. The summed E-state index contributed by atoms with van der Waals surface area (Å²) in [6.45, 7) is 10.6. The van der Waals surface area contributed by atoms with Gasteiger partial charge in [-0.1, -0.05) is 26.7 Å². The molecule has 0 heterocycles. The lowest BCUT2D eigenvalue weighted by Crippen LogP contribution is -2.33. The predicted molar refractivity (Wildman–Crippen MR) is 72.7 cm³/mol. The summed E-state index contributed by atoms with van der Waals surface area (Å²) in [5, 5.41) is 0. The molecule has 0 saturated heterocycles. The fourth-order valence-electron chi connectivity index (χ4n) is 2.80. The zero-order chi connectivity index (χ0) is 12.1. The predicted octanol–water partition coefficient (Wildman–Crippen LogP) is 4.18. The molecule has 1 fully saturated rings. The lowest BCUT2D eigenvalue weighted by atomic mass is 9.67. The third kappa shape index (κ3) is 4.08. The van der Waals surface area contributed by atoms with Crippen LogP contribution in [0.25, 0.3) is 0 Å². The lowest BCUT2D eigenvalue weighted by molar-refractivity contribution is 0.109. The van der Waals surface area contributed by atoms with Crippen LogP contribution in [0.4, 0.5) is 0 Å². The van der Waals surface area contributed by atoms with Crippen LogP contribution in [0.2, 0.25) is 0 Å². The van der Waals surface area contributed by atoms with E-state index in [1.54, 1.807) is 0 Å². The highest BCUT2D eigenvalue weighted by atomic mass is 15.1. The van der Waals surface area contributed by atoms with Gasteiger partial charge in [-0.25, -0.2) is 0 Å². The minimum atomic E-state index is 0.696. The first-order valence-electron chi connectivity index (χ1n) is 7.24. The highest BCUT2D eigenvalue weighted by molar-refractivity contribution is 4.83. The van der Waals surface area contributed by atoms with E-state index in [4.69, 9.17) is 0 Å². The quantitative estimate of drug-likeness (QED) is 0.628. The van der Waals surface area contributed by atoms with Crippen LogP contribution >= 0.6 is 0 Å². The van der Waals surface area contributed by atoms with E-state index in [1.165, 1.54) is 38.6 Å². The van der Waals surface area contributed by atoms with Crippen molar-refractivity contribution < 1.29 is 0 Å². The minimum Gasteiger partial charge on any atom is -0.304 e. The molecule has 1 nitrogen and oxygen atoms in total. The molecule has 0 radical (unpaired) electrons. The Labute approximate surface area is 103 Å². The Morgan fingerprint density at radius 1 is 1.19 bits per heavy atom. The normalized spacial score (nSPS) is 27.2. The van der Waals surface area contributed by atoms with Crippen LogP contribution in [-0.4, -0.2) is 24.5 Å². The molecule has 0 aromatic carbocycles. The van der Waals surface area contributed by atoms with Crippen LogP contribution in [0.15, 0.2) is 0 Å². The molecule has 0 spiro atoms. The lowest BCUT2D eigenvalue weighted by Gasteiger charge is -2.40. The monoisotopic (exact) mass is 225 g/mol. The van der Waals surface area contributed by atoms with Crippen LogP contribution in [0, 0.1) is 17.8 Å². The molecular formula is C15H31N. The van der Waals surface area contributed by atoms with Crippen LogP contribution in [0.5, 0.6) is 0 Å². The van der Waals surface area contributed by atoms with Crippen LogP contribution < -0.4 is 0 Å². The smallest absolute Gasteiger partial charge is 0.00355 e. The van der Waals surface area contributed by atoms with Crippen LogP contribution in [0.1, 0.15) is 59.8 Å². The van der Waals surface area contributed by atoms with E-state index < -0.39 is 0 Å². The van der Waals surface area contributed by atoms with Gasteiger partial charge in [-0.15, -0.1) is 0 Å². The first kappa shape index (κ1) is 14.0. The van der Waals surface area contributed by atoms with Crippen molar-refractivity contribution >= 4 is 0 Å². The van der Waals surface area contributed by atoms with Crippen molar-refractivity contribution in [2.75, 3.05) is 13.6 Å². The largest absolute Gasteiger partial charge is 0.304 e. The Hall–Kier alpha value is -0.0400. The molecule has 1 unspecified atom stereocenters. The van der Waals surface area contributed by atoms with Gasteiger partial charge in [0.15, 0.2) is 0 Å². The number of rotatable bonds is 7. The molecule has 1 aliphatic rings. The molecule has 96 valence electrons. The van der Waals surface area contributed by atoms with Gasteiger partial charge >= 0.3 is 0 Å². The number of hydrogen-bond donors (Lipinski definition) is 0. The third-order valence-corrected chi connectivity index (χ3v) is 4.59. The van der Waals surface area contributed by atoms with Gasteiger partial charge in [-0.2, -0.15) is 0 Å². The Morgan fingerprint density at radius 3 is 2.31 bits per heavy atom. The van der Waals surface area contributed by atoms with Crippen LogP contribution in [-0.2, 0) is 0 Å². The van der Waals surface area contributed by atoms with Gasteiger partial charge in [0.05, 0.1) is 0 Å². The van der Waals surface area contributed by atoms with E-state index >= 15 is 0 Å². The highest BCUT2D eigenvalue weighted by Crippen LogP contribution is 2.42. The van der Waals surface area contributed by atoms with Gasteiger partial charge in [-0.3, -0.25) is 0 Å². The maximum absolute atomic E-state index is 2.47. The standard InChI is InChI=1S/C15H31N/c1-6-7-14-10-15(11-14)13(4)8-9-16(5)12(2)3/h12-15H,6-11H2,1-5H3. The maximum atomic E-state index is 2.47. The summed E-state index contributed by atoms with van der Waals surface area (Å²) in [5.74, 6) is 3.05. The van der Waals surface area contributed by atoms with Gasteiger partial charge in [0.1, 0.15) is 0 Å². The van der Waals surface area contributed by atoms with Gasteiger partial charge in [0, 0.05) is 6.04 Å². The topological polar surface area (TPSA) is 3.24 Å². The van der Waals surface area contributed by atoms with E-state index in [1.807, 2.05) is 0 Å². The summed E-state index contributed by atoms with van der Waals surface area (Å²) in [7, 11) is 2.25. The molecule has 0 aromatic heterocycles. The van der Waals surface area contributed by atoms with E-state index in [-0.39, 0.29) is 0 Å². The van der Waals surface area contributed by atoms with Crippen molar-refractivity contribution in [2.24, 2.45) is 17.8 Å². The van der Waals surface area contributed by atoms with Crippen molar-refractivity contribution in [1.82, 2.24) is 4.90 Å². The van der Waals surface area contributed by atoms with Crippen molar-refractivity contribution in [3.8, 4) is 0 Å². The highest BCUT2D eigenvalue weighted by Gasteiger charge is 2.31. The molecule has 0 amide bonds. The van der Waals surface area contributed by atoms with E-state index in [9.17, 15) is 0 Å². The SMILES string of the molecule is CCCC1CC(C(C)CCN(C)C(C)C)C1. The zero-order valence-corrected chi connectivity index (χ0v) is 12.0. The fraction of sp³-hybridized carbons (Fsp3) is 1.00. The molecule has 0 aliphatic heterocycles. The van der Waals surface area contributed by atoms with Gasteiger partial charge in [0.2, 0.25) is 0 Å². The zero-order valence-electron chi connectivity index (χ0n) is 12.0. The Morgan fingerprint density at radius 2 is 1.81 bits per heavy atom. The summed E-state index contributed by atoms with van der Waals surface area (Å²) in [4.78, 5) is 2.47. The molecule has 16 heavy (non-hydrogen) atoms. The molecule has 0 aromatic rings. The third-order valence-electron chi connectivity index (χ3n) is 4.59. The van der Waals surface area contributed by atoms with E-state index in [0.717, 1.165) is 17.8 Å². The maximum Gasteiger partial charge on any atom is 0.00355 e. The second-order valence-electron chi connectivity index (χ2n) is 6.23. The summed E-state index contributed by atoms with van der Waals surface area (Å²) in [6.07, 6.45) is 7.26. The van der Waals surface area contributed by atoms with Gasteiger partial charge in [-0.05, 0) is 64.5 Å². The van der Waals surface area contributed by atoms with Crippen molar-refractivity contribution in [3.05, 3.63) is 0 Å². The molecular weight excluding hydrogens is 194 g/mol. The minimum absolute atomic E-state index is 0.696.